The maximum Gasteiger partial charge on any atom is 0.311 e. The summed E-state index contributed by atoms with van der Waals surface area (Å²) in [5.74, 6) is 0.349. The second-order valence-corrected chi connectivity index (χ2v) is 10.2. The first-order chi connectivity index (χ1) is 16.4. The van der Waals surface area contributed by atoms with Gasteiger partial charge in [0.05, 0.1) is 24.7 Å². The van der Waals surface area contributed by atoms with Crippen molar-refractivity contribution in [2.75, 3.05) is 20.2 Å². The van der Waals surface area contributed by atoms with Gasteiger partial charge in [0, 0.05) is 30.8 Å². The van der Waals surface area contributed by atoms with Gasteiger partial charge in [-0.3, -0.25) is 9.69 Å². The van der Waals surface area contributed by atoms with Crippen molar-refractivity contribution in [3.05, 3.63) is 58.7 Å². The molecular formula is C27H30N4O2S. The maximum atomic E-state index is 11.7. The summed E-state index contributed by atoms with van der Waals surface area (Å²) in [4.78, 5) is 14.0. The molecule has 2 heterocycles. The predicted octanol–water partition coefficient (Wildman–Crippen LogP) is 5.11. The number of benzene rings is 2. The Bertz CT molecular complexity index is 1220. The average Bonchev–Trinajstić information content (AvgIpc) is 3.30. The van der Waals surface area contributed by atoms with Crippen LogP contribution in [0.25, 0.3) is 21.1 Å². The van der Waals surface area contributed by atoms with Crippen LogP contribution in [0.3, 0.4) is 0 Å². The van der Waals surface area contributed by atoms with E-state index in [4.69, 9.17) is 4.74 Å². The average molecular weight is 475 g/mol. The molecule has 0 N–H and O–H groups in total. The molecule has 176 valence electrons. The second-order valence-electron chi connectivity index (χ2n) is 9.21. The van der Waals surface area contributed by atoms with E-state index >= 15 is 0 Å². The number of hydrogen-bond donors (Lipinski definition) is 0. The molecule has 0 saturated carbocycles. The lowest BCUT2D eigenvalue weighted by molar-refractivity contribution is -0.151. The molecule has 0 unspecified atom stereocenters. The number of likely N-dealkylation sites (tertiary alicyclic amines) is 1. The first-order valence-corrected chi connectivity index (χ1v) is 12.5. The molecule has 1 saturated heterocycles. The molecule has 0 aliphatic carbocycles. The monoisotopic (exact) mass is 474 g/mol. The van der Waals surface area contributed by atoms with Crippen LogP contribution in [0, 0.1) is 23.2 Å². The van der Waals surface area contributed by atoms with Crippen LogP contribution in [0.15, 0.2) is 36.4 Å². The molecule has 1 aliphatic heterocycles. The van der Waals surface area contributed by atoms with Crippen LogP contribution in [0.4, 0.5) is 0 Å². The van der Waals surface area contributed by atoms with Crippen LogP contribution in [-0.2, 0) is 28.9 Å². The number of nitrogens with zero attached hydrogens (tertiary/aromatic N) is 4. The Labute approximate surface area is 205 Å². The van der Waals surface area contributed by atoms with Crippen molar-refractivity contribution in [3.8, 4) is 27.2 Å². The predicted molar refractivity (Wildman–Crippen MR) is 134 cm³/mol. The van der Waals surface area contributed by atoms with Crippen molar-refractivity contribution < 1.29 is 9.53 Å². The van der Waals surface area contributed by atoms with Crippen molar-refractivity contribution in [1.29, 1.82) is 5.26 Å². The number of esters is 1. The van der Waals surface area contributed by atoms with Gasteiger partial charge >= 0.3 is 5.97 Å². The Morgan fingerprint density at radius 1 is 1.21 bits per heavy atom. The summed E-state index contributed by atoms with van der Waals surface area (Å²) < 4.78 is 4.85. The summed E-state index contributed by atoms with van der Waals surface area (Å²) in [7, 11) is 1.45. The van der Waals surface area contributed by atoms with Crippen LogP contribution in [-0.4, -0.2) is 41.3 Å². The van der Waals surface area contributed by atoms with Crippen LogP contribution in [0.2, 0.25) is 0 Å². The van der Waals surface area contributed by atoms with Crippen LogP contribution >= 0.6 is 11.3 Å². The van der Waals surface area contributed by atoms with Gasteiger partial charge in [0.2, 0.25) is 0 Å². The molecule has 34 heavy (non-hydrogen) atoms. The van der Waals surface area contributed by atoms with E-state index in [-0.39, 0.29) is 11.9 Å². The van der Waals surface area contributed by atoms with E-state index in [1.165, 1.54) is 18.2 Å². The normalized spacial score (nSPS) is 14.1. The molecule has 0 atom stereocenters. The van der Waals surface area contributed by atoms with Gasteiger partial charge in [-0.15, -0.1) is 10.2 Å². The molecule has 2 aromatic carbocycles. The SMILES string of the molecule is CCc1c(CN2CC(C(=O)OC)C2)cccc1-c1nnc(-c2ccc(CC(C)C)c(C#N)c2)s1. The topological polar surface area (TPSA) is 79.1 Å². The minimum Gasteiger partial charge on any atom is -0.469 e. The van der Waals surface area contributed by atoms with E-state index < -0.39 is 0 Å². The fourth-order valence-corrected chi connectivity index (χ4v) is 5.43. The molecule has 1 aliphatic rings. The lowest BCUT2D eigenvalue weighted by Gasteiger charge is -2.37. The molecule has 0 spiro atoms. The first kappa shape index (κ1) is 24.1. The third-order valence-corrected chi connectivity index (χ3v) is 7.28. The zero-order chi connectivity index (χ0) is 24.2. The minimum absolute atomic E-state index is 0.0193. The summed E-state index contributed by atoms with van der Waals surface area (Å²) >= 11 is 1.56. The van der Waals surface area contributed by atoms with Crippen molar-refractivity contribution >= 4 is 17.3 Å². The molecule has 0 amide bonds. The lowest BCUT2D eigenvalue weighted by atomic mass is 9.95. The number of rotatable bonds is 8. The molecule has 1 aromatic heterocycles. The fourth-order valence-electron chi connectivity index (χ4n) is 4.54. The summed E-state index contributed by atoms with van der Waals surface area (Å²) in [5.41, 5.74) is 6.33. The standard InChI is InChI=1S/C27H30N4O2S/c1-5-23-20(14-31-15-22(16-31)27(32)33-4)7-6-8-24(23)26-30-29-25(34-26)19-10-9-18(11-17(2)3)21(12-19)13-28/h6-10,12,17,22H,5,11,14-16H2,1-4H3. The highest BCUT2D eigenvalue weighted by molar-refractivity contribution is 7.17. The number of methoxy groups -OCH3 is 1. The van der Waals surface area contributed by atoms with Crippen molar-refractivity contribution in [1.82, 2.24) is 15.1 Å². The van der Waals surface area contributed by atoms with Crippen LogP contribution in [0.1, 0.15) is 43.0 Å². The third kappa shape index (κ3) is 5.03. The van der Waals surface area contributed by atoms with Gasteiger partial charge in [-0.2, -0.15) is 5.26 Å². The molecule has 0 radical (unpaired) electrons. The van der Waals surface area contributed by atoms with E-state index in [1.54, 1.807) is 11.3 Å². The number of aromatic nitrogens is 2. The van der Waals surface area contributed by atoms with E-state index in [2.05, 4.69) is 60.1 Å². The number of carbonyl (C=O) groups is 1. The van der Waals surface area contributed by atoms with Crippen molar-refractivity contribution in [2.45, 2.75) is 40.2 Å². The number of hydrogen-bond acceptors (Lipinski definition) is 7. The van der Waals surface area contributed by atoms with Gasteiger partial charge in [-0.1, -0.05) is 62.4 Å². The van der Waals surface area contributed by atoms with Gasteiger partial charge < -0.3 is 4.74 Å². The summed E-state index contributed by atoms with van der Waals surface area (Å²) in [6.45, 7) is 8.74. The van der Waals surface area contributed by atoms with Gasteiger partial charge in [0.1, 0.15) is 10.0 Å². The highest BCUT2D eigenvalue weighted by Crippen LogP contribution is 2.35. The Morgan fingerprint density at radius 2 is 1.97 bits per heavy atom. The Hall–Kier alpha value is -3.08. The van der Waals surface area contributed by atoms with E-state index in [0.29, 0.717) is 11.5 Å². The molecule has 6 nitrogen and oxygen atoms in total. The van der Waals surface area contributed by atoms with E-state index in [0.717, 1.165) is 59.2 Å². The molecule has 1 fully saturated rings. The number of ether oxygens (including phenoxy) is 1. The maximum absolute atomic E-state index is 11.7. The molecule has 3 aromatic rings. The molecule has 4 rings (SSSR count). The van der Waals surface area contributed by atoms with Gasteiger partial charge in [0.15, 0.2) is 0 Å². The van der Waals surface area contributed by atoms with Crippen molar-refractivity contribution in [2.24, 2.45) is 11.8 Å². The highest BCUT2D eigenvalue weighted by atomic mass is 32.1. The fraction of sp³-hybridized carbons (Fsp3) is 0.407. The van der Waals surface area contributed by atoms with Crippen LogP contribution < -0.4 is 0 Å². The van der Waals surface area contributed by atoms with Crippen LogP contribution in [0.5, 0.6) is 0 Å². The lowest BCUT2D eigenvalue weighted by Crippen LogP contribution is -2.50. The van der Waals surface area contributed by atoms with Gasteiger partial charge in [-0.05, 0) is 41.5 Å². The largest absolute Gasteiger partial charge is 0.469 e. The van der Waals surface area contributed by atoms with Gasteiger partial charge in [0.25, 0.3) is 0 Å². The minimum atomic E-state index is -0.126. The number of carbonyl (C=O) groups excluding carboxylic acids is 1. The van der Waals surface area contributed by atoms with Crippen molar-refractivity contribution in [3.63, 3.8) is 0 Å². The molecular weight excluding hydrogens is 444 g/mol. The van der Waals surface area contributed by atoms with Gasteiger partial charge in [-0.25, -0.2) is 0 Å². The summed E-state index contributed by atoms with van der Waals surface area (Å²) in [6.07, 6.45) is 1.77. The highest BCUT2D eigenvalue weighted by Gasteiger charge is 2.33. The van der Waals surface area contributed by atoms with E-state index in [9.17, 15) is 10.1 Å². The first-order valence-electron chi connectivity index (χ1n) is 11.7. The zero-order valence-corrected chi connectivity index (χ0v) is 21.0. The molecule has 7 heteroatoms. The molecule has 0 bridgehead atoms. The Balaban J connectivity index is 1.56. The summed E-state index contributed by atoms with van der Waals surface area (Å²) in [5, 5.41) is 20.3. The third-order valence-electron chi connectivity index (χ3n) is 6.27. The Morgan fingerprint density at radius 3 is 2.65 bits per heavy atom. The smallest absolute Gasteiger partial charge is 0.311 e. The number of nitriles is 1. The van der Waals surface area contributed by atoms with E-state index in [1.807, 2.05) is 18.2 Å². The second kappa shape index (κ2) is 10.5. The zero-order valence-electron chi connectivity index (χ0n) is 20.2. The quantitative estimate of drug-likeness (QED) is 0.422. The Kier molecular flexibility index (Phi) is 7.40. The summed E-state index contributed by atoms with van der Waals surface area (Å²) in [6, 6.07) is 14.7.